The van der Waals surface area contributed by atoms with Gasteiger partial charge in [0.1, 0.15) is 0 Å². The number of carbonyl (C=O) groups is 4. The summed E-state index contributed by atoms with van der Waals surface area (Å²) < 4.78 is 45.7. The number of alkyl halides is 3. The highest BCUT2D eigenvalue weighted by molar-refractivity contribution is 6.33. The number of nitro benzene ring substituents is 1. The van der Waals surface area contributed by atoms with Crippen molar-refractivity contribution in [2.45, 2.75) is 30.4 Å². The van der Waals surface area contributed by atoms with Gasteiger partial charge in [0, 0.05) is 29.3 Å². The van der Waals surface area contributed by atoms with Gasteiger partial charge in [0.05, 0.1) is 51.5 Å². The molecule has 18 heteroatoms. The van der Waals surface area contributed by atoms with Crippen molar-refractivity contribution in [1.29, 1.82) is 0 Å². The lowest BCUT2D eigenvalue weighted by Crippen LogP contribution is -2.53. The molecule has 2 N–H and O–H groups in total. The summed E-state index contributed by atoms with van der Waals surface area (Å²) in [5.74, 6) is -8.49. The average Bonchev–Trinajstić information content (AvgIpc) is 3.56. The number of nitro groups is 1. The summed E-state index contributed by atoms with van der Waals surface area (Å²) >= 11 is 12.5. The molecule has 1 saturated carbocycles. The van der Waals surface area contributed by atoms with E-state index in [9.17, 15) is 42.8 Å². The molecule has 0 radical (unpaired) electrons. The summed E-state index contributed by atoms with van der Waals surface area (Å²) in [5, 5.41) is 22.8. The van der Waals surface area contributed by atoms with Crippen LogP contribution in [0.25, 0.3) is 0 Å². The Morgan fingerprint density at radius 1 is 0.965 bits per heavy atom. The number of fused-ring (bicyclic) bond motifs is 4. The molecule has 3 heterocycles. The lowest BCUT2D eigenvalue weighted by Gasteiger charge is -2.50. The van der Waals surface area contributed by atoms with Crippen LogP contribution in [0.5, 0.6) is 11.5 Å². The zero-order valence-electron chi connectivity index (χ0n) is 29.4. The van der Waals surface area contributed by atoms with Crippen LogP contribution in [0.15, 0.2) is 90.6 Å². The fraction of sp³-hybridized carbons (Fsp3) is 0.256. The number of carbonyl (C=O) groups excluding carboxylic acids is 4. The first-order valence-corrected chi connectivity index (χ1v) is 18.2. The normalized spacial score (nSPS) is 25.5. The molecular formula is C39H28Cl2F3N5O8. The minimum Gasteiger partial charge on any atom is -0.504 e. The van der Waals surface area contributed by atoms with Gasteiger partial charge >= 0.3 is 6.18 Å². The molecule has 1 aromatic heterocycles. The van der Waals surface area contributed by atoms with Gasteiger partial charge in [0.15, 0.2) is 17.3 Å². The summed E-state index contributed by atoms with van der Waals surface area (Å²) in [6.07, 6.45) is -2.59. The van der Waals surface area contributed by atoms with Gasteiger partial charge in [-0.2, -0.15) is 18.2 Å². The van der Waals surface area contributed by atoms with E-state index >= 15 is 4.79 Å². The van der Waals surface area contributed by atoms with E-state index in [4.69, 9.17) is 27.9 Å². The van der Waals surface area contributed by atoms with E-state index in [-0.39, 0.29) is 35.7 Å². The molecule has 6 atom stereocenters. The Balaban J connectivity index is 1.30. The van der Waals surface area contributed by atoms with Gasteiger partial charge in [-0.1, -0.05) is 53.1 Å². The maximum atomic E-state index is 15.3. The number of halogens is 5. The SMILES string of the molecule is COc1ccc(C2C3=CCC4C(=O)N(c5ccc([N+](=O)[O-])cc5)C(=O)C4C3CC3C(=O)N(Nc4ncc(C(F)(F)F)cc4Cl)C(=O)C32c2ccc(Cl)cc2)cc1O. The number of hydrogen-bond donors (Lipinski definition) is 2. The van der Waals surface area contributed by atoms with Crippen LogP contribution >= 0.6 is 23.2 Å². The number of amides is 4. The molecule has 4 aromatic rings. The molecule has 0 bridgehead atoms. The second-order valence-electron chi connectivity index (χ2n) is 14.1. The fourth-order valence-corrected chi connectivity index (χ4v) is 9.36. The standard InChI is InChI=1S/C39H28Cl2F3N5O8/c1-57-30-13-2-18(14-29(30)50)32-24-11-12-25-31(36(53)47(34(25)51)22-7-9-23(10-8-22)49(55)56)26(24)16-27-35(52)48(37(54)38(27,32)19-3-5-21(40)6-4-19)46-33-28(41)15-20(17-45-33)39(42,43)44/h2-11,13-15,17,25-27,31-32,50H,12,16H2,1H3,(H,45,46). The Morgan fingerprint density at radius 2 is 1.67 bits per heavy atom. The van der Waals surface area contributed by atoms with E-state index in [0.29, 0.717) is 39.0 Å². The maximum absolute atomic E-state index is 15.3. The number of benzene rings is 3. The lowest BCUT2D eigenvalue weighted by atomic mass is 9.49. The quantitative estimate of drug-likeness (QED) is 0.0839. The number of aromatic nitrogens is 1. The monoisotopic (exact) mass is 821 g/mol. The van der Waals surface area contributed by atoms with Crippen LogP contribution in [0.3, 0.4) is 0 Å². The third-order valence-electron chi connectivity index (χ3n) is 11.4. The summed E-state index contributed by atoms with van der Waals surface area (Å²) in [7, 11) is 1.35. The Kier molecular flexibility index (Phi) is 9.03. The van der Waals surface area contributed by atoms with Gasteiger partial charge in [-0.15, -0.1) is 0 Å². The van der Waals surface area contributed by atoms with Crippen molar-refractivity contribution >= 4 is 64.0 Å². The number of phenols is 1. The van der Waals surface area contributed by atoms with Crippen LogP contribution in [0.4, 0.5) is 30.4 Å². The second kappa shape index (κ2) is 13.6. The first-order chi connectivity index (χ1) is 27.1. The number of anilines is 2. The van der Waals surface area contributed by atoms with E-state index in [1.165, 1.54) is 55.6 Å². The van der Waals surface area contributed by atoms with Gasteiger partial charge < -0.3 is 9.84 Å². The summed E-state index contributed by atoms with van der Waals surface area (Å²) in [6.45, 7) is 0. The largest absolute Gasteiger partial charge is 0.504 e. The maximum Gasteiger partial charge on any atom is 0.417 e. The van der Waals surface area contributed by atoms with E-state index in [1.807, 2.05) is 0 Å². The molecule has 2 saturated heterocycles. The predicted molar refractivity (Wildman–Crippen MR) is 197 cm³/mol. The molecule has 13 nitrogen and oxygen atoms in total. The van der Waals surface area contributed by atoms with Crippen molar-refractivity contribution in [2.24, 2.45) is 23.7 Å². The first kappa shape index (κ1) is 37.9. The van der Waals surface area contributed by atoms with Gasteiger partial charge in [0.2, 0.25) is 11.8 Å². The van der Waals surface area contributed by atoms with Crippen LogP contribution < -0.4 is 15.1 Å². The van der Waals surface area contributed by atoms with E-state index in [1.54, 1.807) is 24.3 Å². The van der Waals surface area contributed by atoms with Crippen molar-refractivity contribution < 1.29 is 47.1 Å². The highest BCUT2D eigenvalue weighted by Crippen LogP contribution is 2.64. The highest BCUT2D eigenvalue weighted by atomic mass is 35.5. The topological polar surface area (TPSA) is 172 Å². The lowest BCUT2D eigenvalue weighted by molar-refractivity contribution is -0.384. The zero-order valence-corrected chi connectivity index (χ0v) is 30.9. The number of ether oxygens (including phenoxy) is 1. The minimum absolute atomic E-state index is 0.0553. The molecule has 6 unspecified atom stereocenters. The van der Waals surface area contributed by atoms with Gasteiger partial charge in [-0.25, -0.2) is 4.98 Å². The number of rotatable bonds is 7. The first-order valence-electron chi connectivity index (χ1n) is 17.4. The zero-order chi connectivity index (χ0) is 40.7. The molecular weight excluding hydrogens is 794 g/mol. The molecule has 4 aliphatic rings. The Labute approximate surface area is 330 Å². The number of nitrogens with one attached hydrogen (secondary N) is 1. The Bertz CT molecular complexity index is 2430. The summed E-state index contributed by atoms with van der Waals surface area (Å²) in [4.78, 5) is 74.1. The third-order valence-corrected chi connectivity index (χ3v) is 12.0. The number of nitrogens with zero attached hydrogens (tertiary/aromatic N) is 4. The number of allylic oxidation sites excluding steroid dienone is 2. The van der Waals surface area contributed by atoms with Crippen LogP contribution in [-0.4, -0.2) is 50.8 Å². The van der Waals surface area contributed by atoms with Crippen LogP contribution in [0.1, 0.15) is 35.4 Å². The van der Waals surface area contributed by atoms with Gasteiger partial charge in [-0.3, -0.25) is 39.6 Å². The molecule has 3 fully saturated rings. The van der Waals surface area contributed by atoms with E-state index in [0.717, 1.165) is 4.90 Å². The molecule has 2 aliphatic heterocycles. The second-order valence-corrected chi connectivity index (χ2v) is 15.0. The Hall–Kier alpha value is -6.00. The highest BCUT2D eigenvalue weighted by Gasteiger charge is 2.70. The molecule has 0 spiro atoms. The molecule has 3 aromatic carbocycles. The Morgan fingerprint density at radius 3 is 2.28 bits per heavy atom. The molecule has 8 rings (SSSR count). The van der Waals surface area contributed by atoms with Crippen molar-refractivity contribution in [3.05, 3.63) is 127 Å². The average molecular weight is 823 g/mol. The summed E-state index contributed by atoms with van der Waals surface area (Å²) in [6, 6.07) is 16.3. The number of aromatic hydroxyl groups is 1. The van der Waals surface area contributed by atoms with Crippen molar-refractivity contribution in [2.75, 3.05) is 17.4 Å². The van der Waals surface area contributed by atoms with Gasteiger partial charge in [-0.05, 0) is 72.4 Å². The number of pyridine rings is 1. The smallest absolute Gasteiger partial charge is 0.417 e. The van der Waals surface area contributed by atoms with Crippen molar-refractivity contribution in [3.8, 4) is 11.5 Å². The molecule has 4 amide bonds. The van der Waals surface area contributed by atoms with Crippen LogP contribution in [0, 0.1) is 33.8 Å². The van der Waals surface area contributed by atoms with Crippen molar-refractivity contribution in [1.82, 2.24) is 9.99 Å². The van der Waals surface area contributed by atoms with Crippen molar-refractivity contribution in [3.63, 3.8) is 0 Å². The number of non-ortho nitro benzene ring substituents is 1. The number of imide groups is 2. The number of hydrogen-bond acceptors (Lipinski definition) is 10. The molecule has 2 aliphatic carbocycles. The predicted octanol–water partition coefficient (Wildman–Crippen LogP) is 7.22. The minimum atomic E-state index is -4.78. The molecule has 292 valence electrons. The summed E-state index contributed by atoms with van der Waals surface area (Å²) in [5.41, 5.74) is 0.670. The van der Waals surface area contributed by atoms with E-state index in [2.05, 4.69) is 10.4 Å². The number of methoxy groups -OCH3 is 1. The number of hydrazine groups is 1. The van der Waals surface area contributed by atoms with Crippen LogP contribution in [-0.2, 0) is 30.8 Å². The van der Waals surface area contributed by atoms with Crippen LogP contribution in [0.2, 0.25) is 10.0 Å². The number of phenolic OH excluding ortho intramolecular Hbond substituents is 1. The van der Waals surface area contributed by atoms with Gasteiger partial charge in [0.25, 0.3) is 17.5 Å². The third kappa shape index (κ3) is 5.79. The molecule has 57 heavy (non-hydrogen) atoms. The fourth-order valence-electron chi connectivity index (χ4n) is 9.02. The van der Waals surface area contributed by atoms with E-state index < -0.39 is 86.1 Å².